The molecule has 0 aliphatic carbocycles. The van der Waals surface area contributed by atoms with Gasteiger partial charge < -0.3 is 10.6 Å². The van der Waals surface area contributed by atoms with E-state index in [1.54, 1.807) is 12.4 Å². The molecule has 1 aromatic heterocycles. The molecule has 0 saturated carbocycles. The van der Waals surface area contributed by atoms with Crippen LogP contribution in [0.1, 0.15) is 13.3 Å². The molecular weight excluding hydrogens is 174 g/mol. The molecule has 3 heteroatoms. The Bertz CT molecular complexity index is 357. The minimum absolute atomic E-state index is 0.766. The topological polar surface area (TPSA) is 42.2 Å². The highest BCUT2D eigenvalue weighted by atomic mass is 15.1. The summed E-state index contributed by atoms with van der Waals surface area (Å²) in [6, 6.07) is 1.98. The molecule has 2 rings (SSSR count). The number of nitrogens with two attached hydrogens (primary N) is 1. The van der Waals surface area contributed by atoms with E-state index in [0.717, 1.165) is 30.9 Å². The Morgan fingerprint density at radius 3 is 3.07 bits per heavy atom. The molecule has 0 saturated heterocycles. The van der Waals surface area contributed by atoms with Crippen LogP contribution in [0.2, 0.25) is 0 Å². The highest BCUT2D eigenvalue weighted by Gasteiger charge is 2.12. The summed E-state index contributed by atoms with van der Waals surface area (Å²) >= 11 is 0. The van der Waals surface area contributed by atoms with Gasteiger partial charge in [0.2, 0.25) is 0 Å². The lowest BCUT2D eigenvalue weighted by Gasteiger charge is -2.29. The van der Waals surface area contributed by atoms with Crippen LogP contribution < -0.4 is 10.6 Å². The van der Waals surface area contributed by atoms with E-state index in [-0.39, 0.29) is 0 Å². The maximum atomic E-state index is 5.87. The van der Waals surface area contributed by atoms with Crippen molar-refractivity contribution >= 4 is 11.4 Å². The van der Waals surface area contributed by atoms with Crippen molar-refractivity contribution in [3.8, 4) is 0 Å². The second-order valence-electron chi connectivity index (χ2n) is 3.70. The Labute approximate surface area is 84.2 Å². The maximum absolute atomic E-state index is 5.87. The quantitative estimate of drug-likeness (QED) is 0.685. The standard InChI is InChI=1S/C11H15N3/c1-9-3-2-6-14(8-9)11-4-5-13-7-10(11)12/h3-5,7H,2,6,8,12H2,1H3. The van der Waals surface area contributed by atoms with Gasteiger partial charge in [0.25, 0.3) is 0 Å². The first kappa shape index (κ1) is 9.06. The van der Waals surface area contributed by atoms with E-state index in [0.29, 0.717) is 0 Å². The highest BCUT2D eigenvalue weighted by molar-refractivity contribution is 5.66. The van der Waals surface area contributed by atoms with Crippen molar-refractivity contribution in [3.05, 3.63) is 30.1 Å². The van der Waals surface area contributed by atoms with Crippen molar-refractivity contribution in [3.63, 3.8) is 0 Å². The molecule has 0 radical (unpaired) electrons. The zero-order valence-corrected chi connectivity index (χ0v) is 8.40. The van der Waals surface area contributed by atoms with E-state index < -0.39 is 0 Å². The third kappa shape index (κ3) is 1.71. The van der Waals surface area contributed by atoms with Crippen molar-refractivity contribution in [2.45, 2.75) is 13.3 Å². The SMILES string of the molecule is CC1=CCCN(c2ccncc2N)C1. The van der Waals surface area contributed by atoms with Gasteiger partial charge in [-0.2, -0.15) is 0 Å². The summed E-state index contributed by atoms with van der Waals surface area (Å²) in [5.41, 5.74) is 9.15. The van der Waals surface area contributed by atoms with Crippen molar-refractivity contribution in [1.29, 1.82) is 0 Å². The van der Waals surface area contributed by atoms with Crippen LogP contribution in [0.3, 0.4) is 0 Å². The Hall–Kier alpha value is -1.51. The molecule has 0 unspecified atom stereocenters. The third-order valence-electron chi connectivity index (χ3n) is 2.50. The second kappa shape index (κ2) is 3.70. The number of anilines is 2. The number of rotatable bonds is 1. The van der Waals surface area contributed by atoms with E-state index in [1.807, 2.05) is 6.07 Å². The minimum atomic E-state index is 0.766. The number of aromatic nitrogens is 1. The van der Waals surface area contributed by atoms with Crippen LogP contribution in [0.4, 0.5) is 11.4 Å². The van der Waals surface area contributed by atoms with Gasteiger partial charge in [0.05, 0.1) is 17.6 Å². The summed E-state index contributed by atoms with van der Waals surface area (Å²) < 4.78 is 0. The molecule has 0 spiro atoms. The largest absolute Gasteiger partial charge is 0.396 e. The molecule has 2 N–H and O–H groups in total. The van der Waals surface area contributed by atoms with Crippen LogP contribution in [0.15, 0.2) is 30.1 Å². The monoisotopic (exact) mass is 189 g/mol. The normalized spacial score (nSPS) is 16.6. The molecule has 0 amide bonds. The van der Waals surface area contributed by atoms with Crippen LogP contribution in [0.5, 0.6) is 0 Å². The smallest absolute Gasteiger partial charge is 0.0738 e. The van der Waals surface area contributed by atoms with Crippen molar-refractivity contribution in [1.82, 2.24) is 4.98 Å². The zero-order valence-electron chi connectivity index (χ0n) is 8.40. The summed E-state index contributed by atoms with van der Waals surface area (Å²) in [5, 5.41) is 0. The Balaban J connectivity index is 2.24. The minimum Gasteiger partial charge on any atom is -0.396 e. The van der Waals surface area contributed by atoms with E-state index in [1.165, 1.54) is 5.57 Å². The number of nitrogen functional groups attached to an aromatic ring is 1. The van der Waals surface area contributed by atoms with E-state index in [2.05, 4.69) is 22.9 Å². The molecule has 0 bridgehead atoms. The molecule has 0 atom stereocenters. The summed E-state index contributed by atoms with van der Waals surface area (Å²) in [5.74, 6) is 0. The Morgan fingerprint density at radius 1 is 1.50 bits per heavy atom. The predicted octanol–water partition coefficient (Wildman–Crippen LogP) is 1.82. The summed E-state index contributed by atoms with van der Waals surface area (Å²) in [4.78, 5) is 6.29. The zero-order chi connectivity index (χ0) is 9.97. The molecule has 0 aromatic carbocycles. The van der Waals surface area contributed by atoms with Gasteiger partial charge in [0.15, 0.2) is 0 Å². The predicted molar refractivity (Wildman–Crippen MR) is 59.2 cm³/mol. The molecule has 1 aromatic rings. The Morgan fingerprint density at radius 2 is 2.36 bits per heavy atom. The fraction of sp³-hybridized carbons (Fsp3) is 0.364. The van der Waals surface area contributed by atoms with Crippen LogP contribution >= 0.6 is 0 Å². The molecule has 74 valence electrons. The van der Waals surface area contributed by atoms with Crippen molar-refractivity contribution in [2.75, 3.05) is 23.7 Å². The average Bonchev–Trinajstić information content (AvgIpc) is 2.18. The number of hydrogen-bond donors (Lipinski definition) is 1. The van der Waals surface area contributed by atoms with E-state index in [9.17, 15) is 0 Å². The van der Waals surface area contributed by atoms with Crippen molar-refractivity contribution in [2.24, 2.45) is 0 Å². The molecular formula is C11H15N3. The van der Waals surface area contributed by atoms with Crippen LogP contribution in [-0.4, -0.2) is 18.1 Å². The van der Waals surface area contributed by atoms with Gasteiger partial charge in [-0.15, -0.1) is 0 Å². The van der Waals surface area contributed by atoms with Gasteiger partial charge in [-0.3, -0.25) is 4.98 Å². The van der Waals surface area contributed by atoms with Gasteiger partial charge in [-0.1, -0.05) is 11.6 Å². The number of hydrogen-bond acceptors (Lipinski definition) is 3. The molecule has 14 heavy (non-hydrogen) atoms. The van der Waals surface area contributed by atoms with Crippen LogP contribution in [0, 0.1) is 0 Å². The first-order valence-corrected chi connectivity index (χ1v) is 4.87. The molecule has 1 aliphatic rings. The number of nitrogens with zero attached hydrogens (tertiary/aromatic N) is 2. The van der Waals surface area contributed by atoms with Gasteiger partial charge in [0.1, 0.15) is 0 Å². The lowest BCUT2D eigenvalue weighted by Crippen LogP contribution is -2.29. The van der Waals surface area contributed by atoms with Gasteiger partial charge in [-0.25, -0.2) is 0 Å². The van der Waals surface area contributed by atoms with Crippen LogP contribution in [-0.2, 0) is 0 Å². The fourth-order valence-electron chi connectivity index (χ4n) is 1.80. The first-order valence-electron chi connectivity index (χ1n) is 4.87. The van der Waals surface area contributed by atoms with Gasteiger partial charge in [0, 0.05) is 19.3 Å². The highest BCUT2D eigenvalue weighted by Crippen LogP contribution is 2.24. The first-order chi connectivity index (χ1) is 6.77. The average molecular weight is 189 g/mol. The van der Waals surface area contributed by atoms with E-state index >= 15 is 0 Å². The molecule has 1 aliphatic heterocycles. The molecule has 3 nitrogen and oxygen atoms in total. The summed E-state index contributed by atoms with van der Waals surface area (Å²) in [6.45, 7) is 4.18. The van der Waals surface area contributed by atoms with E-state index in [4.69, 9.17) is 5.73 Å². The summed E-state index contributed by atoms with van der Waals surface area (Å²) in [6.07, 6.45) is 6.89. The van der Waals surface area contributed by atoms with Gasteiger partial charge >= 0.3 is 0 Å². The summed E-state index contributed by atoms with van der Waals surface area (Å²) in [7, 11) is 0. The van der Waals surface area contributed by atoms with Crippen LogP contribution in [0.25, 0.3) is 0 Å². The van der Waals surface area contributed by atoms with Gasteiger partial charge in [-0.05, 0) is 19.4 Å². The Kier molecular flexibility index (Phi) is 2.39. The maximum Gasteiger partial charge on any atom is 0.0738 e. The second-order valence-corrected chi connectivity index (χ2v) is 3.70. The fourth-order valence-corrected chi connectivity index (χ4v) is 1.80. The molecule has 2 heterocycles. The molecule has 0 fully saturated rings. The van der Waals surface area contributed by atoms with Crippen molar-refractivity contribution < 1.29 is 0 Å². The third-order valence-corrected chi connectivity index (χ3v) is 2.50. The number of pyridine rings is 1. The lowest BCUT2D eigenvalue weighted by molar-refractivity contribution is 0.791. The lowest BCUT2D eigenvalue weighted by atomic mass is 10.1.